The summed E-state index contributed by atoms with van der Waals surface area (Å²) >= 11 is 12.3. The summed E-state index contributed by atoms with van der Waals surface area (Å²) in [6, 6.07) is 9.59. The van der Waals surface area contributed by atoms with E-state index in [0.717, 1.165) is 0 Å². The molecule has 0 unspecified atom stereocenters. The average Bonchev–Trinajstić information content (AvgIpc) is 3.22. The minimum absolute atomic E-state index is 0.176. The predicted octanol–water partition coefficient (Wildman–Crippen LogP) is 4.78. The number of aliphatic carboxylic acids is 2. The molecule has 1 aromatic heterocycles. The molecule has 0 aliphatic carbocycles. The summed E-state index contributed by atoms with van der Waals surface area (Å²) < 4.78 is 21.4. The Hall–Kier alpha value is -3.36. The highest BCUT2D eigenvalue weighted by molar-refractivity contribution is 6.35. The van der Waals surface area contributed by atoms with Crippen LogP contribution in [-0.4, -0.2) is 31.7 Å². The van der Waals surface area contributed by atoms with Gasteiger partial charge in [0.2, 0.25) is 0 Å². The quantitative estimate of drug-likeness (QED) is 0.507. The number of hydrogen-bond donors (Lipinski definition) is 2. The van der Waals surface area contributed by atoms with Gasteiger partial charge < -0.3 is 19.5 Å². The van der Waals surface area contributed by atoms with Gasteiger partial charge in [0.1, 0.15) is 18.2 Å². The van der Waals surface area contributed by atoms with Gasteiger partial charge >= 0.3 is 11.9 Å². The van der Waals surface area contributed by atoms with Crippen LogP contribution >= 0.6 is 23.2 Å². The van der Waals surface area contributed by atoms with E-state index < -0.39 is 11.9 Å². The first-order valence-corrected chi connectivity index (χ1v) is 9.40. The second kappa shape index (κ2) is 11.1. The maximum atomic E-state index is 13.7. The van der Waals surface area contributed by atoms with Crippen molar-refractivity contribution in [2.75, 3.05) is 0 Å². The second-order valence-electron chi connectivity index (χ2n) is 6.08. The number of aromatic nitrogens is 2. The Bertz CT molecular complexity index is 1060. The summed E-state index contributed by atoms with van der Waals surface area (Å²) in [4.78, 5) is 22.2. The van der Waals surface area contributed by atoms with Gasteiger partial charge in [0.15, 0.2) is 0 Å². The zero-order chi connectivity index (χ0) is 23.0. The number of nitrogens with zero attached hydrogens (tertiary/aromatic N) is 2. The molecule has 2 aromatic carbocycles. The number of hydrogen-bond acceptors (Lipinski definition) is 4. The average molecular weight is 467 g/mol. The fourth-order valence-corrected chi connectivity index (χ4v) is 2.92. The van der Waals surface area contributed by atoms with Gasteiger partial charge in [-0.2, -0.15) is 0 Å². The molecule has 0 saturated carbocycles. The topological polar surface area (TPSA) is 102 Å². The summed E-state index contributed by atoms with van der Waals surface area (Å²) in [5.41, 5.74) is 1.98. The summed E-state index contributed by atoms with van der Waals surface area (Å²) in [6.07, 6.45) is 5.17. The number of ether oxygens (including phenoxy) is 1. The fourth-order valence-electron chi connectivity index (χ4n) is 2.41. The van der Waals surface area contributed by atoms with Crippen molar-refractivity contribution in [2.45, 2.75) is 13.2 Å². The van der Waals surface area contributed by atoms with Crippen LogP contribution in [0.15, 0.2) is 61.7 Å². The first-order valence-electron chi connectivity index (χ1n) is 8.64. The van der Waals surface area contributed by atoms with Crippen molar-refractivity contribution in [3.8, 4) is 5.75 Å². The summed E-state index contributed by atoms with van der Waals surface area (Å²) in [5, 5.41) is 15.8. The van der Waals surface area contributed by atoms with E-state index in [0.29, 0.717) is 39.0 Å². The number of rotatable bonds is 6. The van der Waals surface area contributed by atoms with Crippen molar-refractivity contribution in [1.82, 2.24) is 9.55 Å². The van der Waals surface area contributed by atoms with E-state index in [4.69, 9.17) is 47.7 Å². The Morgan fingerprint density at radius 2 is 1.77 bits per heavy atom. The van der Waals surface area contributed by atoms with Gasteiger partial charge in [0, 0.05) is 40.1 Å². The zero-order valence-electron chi connectivity index (χ0n) is 16.0. The largest absolute Gasteiger partial charge is 0.488 e. The molecule has 0 aliphatic heterocycles. The third-order valence-electron chi connectivity index (χ3n) is 3.87. The Kier molecular flexibility index (Phi) is 8.60. The lowest BCUT2D eigenvalue weighted by molar-refractivity contribution is -0.159. The Balaban J connectivity index is 0.000000501. The lowest BCUT2D eigenvalue weighted by Crippen LogP contribution is -2.09. The number of carboxylic acids is 2. The monoisotopic (exact) mass is 466 g/mol. The van der Waals surface area contributed by atoms with Crippen LogP contribution in [0.1, 0.15) is 11.1 Å². The minimum atomic E-state index is -1.82. The molecule has 0 aliphatic rings. The minimum Gasteiger partial charge on any atom is -0.488 e. The molecule has 162 valence electrons. The number of benzene rings is 2. The van der Waals surface area contributed by atoms with Gasteiger partial charge in [-0.15, -0.1) is 0 Å². The van der Waals surface area contributed by atoms with Crippen molar-refractivity contribution in [1.29, 1.82) is 0 Å². The lowest BCUT2D eigenvalue weighted by Gasteiger charge is -2.15. The van der Waals surface area contributed by atoms with Crippen molar-refractivity contribution in [2.24, 2.45) is 0 Å². The van der Waals surface area contributed by atoms with E-state index in [1.807, 2.05) is 10.8 Å². The molecule has 3 aromatic rings. The molecule has 0 atom stereocenters. The molecular formula is C21H17Cl2FN2O5. The highest BCUT2D eigenvalue weighted by Gasteiger charge is 2.12. The molecule has 0 saturated heterocycles. The van der Waals surface area contributed by atoms with Gasteiger partial charge in [0.25, 0.3) is 0 Å². The fraction of sp³-hybridized carbons (Fsp3) is 0.0952. The first-order chi connectivity index (χ1) is 14.7. The number of allylic oxidation sites excluding steroid dienone is 1. The van der Waals surface area contributed by atoms with Gasteiger partial charge in [-0.05, 0) is 35.9 Å². The normalized spacial score (nSPS) is 10.0. The Morgan fingerprint density at radius 1 is 1.13 bits per heavy atom. The molecule has 0 spiro atoms. The molecule has 10 heteroatoms. The molecule has 2 N–H and O–H groups in total. The number of halogens is 3. The van der Waals surface area contributed by atoms with E-state index in [1.165, 1.54) is 12.1 Å². The number of imidazole rings is 1. The molecule has 3 rings (SSSR count). The molecule has 0 fully saturated rings. The van der Waals surface area contributed by atoms with Crippen molar-refractivity contribution in [3.63, 3.8) is 0 Å². The van der Waals surface area contributed by atoms with Crippen LogP contribution in [-0.2, 0) is 22.7 Å². The summed E-state index contributed by atoms with van der Waals surface area (Å²) in [5.74, 6) is -3.49. The Morgan fingerprint density at radius 3 is 2.32 bits per heavy atom. The van der Waals surface area contributed by atoms with Gasteiger partial charge in [-0.25, -0.2) is 19.0 Å². The first kappa shape index (κ1) is 23.9. The standard InChI is InChI=1S/C19H15Cl2FN2O.C2H2O4/c1-13(10-24-8-7-23-12-24)15-9-14(22)5-6-19(15)25-11-16-17(20)3-2-4-18(16)21;3-1(4)2(5)6/h2-9,12H,1,10-11H2;(H,3,4)(H,5,6). The maximum Gasteiger partial charge on any atom is 0.414 e. The van der Waals surface area contributed by atoms with Crippen molar-refractivity contribution in [3.05, 3.63) is 88.7 Å². The van der Waals surface area contributed by atoms with Crippen LogP contribution in [0.3, 0.4) is 0 Å². The SMILES string of the molecule is C=C(Cn1ccnc1)c1cc(F)ccc1OCc1c(Cl)cccc1Cl.O=C(O)C(=O)O. The molecule has 0 bridgehead atoms. The molecular weight excluding hydrogens is 450 g/mol. The molecule has 1 heterocycles. The van der Waals surface area contributed by atoms with Crippen LogP contribution in [0.2, 0.25) is 10.0 Å². The zero-order valence-corrected chi connectivity index (χ0v) is 17.5. The Labute approximate surface area is 186 Å². The maximum absolute atomic E-state index is 13.7. The van der Waals surface area contributed by atoms with Gasteiger partial charge in [-0.1, -0.05) is 35.8 Å². The molecule has 7 nitrogen and oxygen atoms in total. The van der Waals surface area contributed by atoms with E-state index in [1.54, 1.807) is 36.8 Å². The van der Waals surface area contributed by atoms with Gasteiger partial charge in [-0.3, -0.25) is 0 Å². The van der Waals surface area contributed by atoms with Crippen LogP contribution in [0.25, 0.3) is 5.57 Å². The second-order valence-corrected chi connectivity index (χ2v) is 6.89. The highest BCUT2D eigenvalue weighted by Crippen LogP contribution is 2.30. The highest BCUT2D eigenvalue weighted by atomic mass is 35.5. The van der Waals surface area contributed by atoms with Crippen molar-refractivity contribution < 1.29 is 28.9 Å². The summed E-state index contributed by atoms with van der Waals surface area (Å²) in [7, 11) is 0. The smallest absolute Gasteiger partial charge is 0.414 e. The van der Waals surface area contributed by atoms with E-state index in [-0.39, 0.29) is 12.4 Å². The third-order valence-corrected chi connectivity index (χ3v) is 4.58. The van der Waals surface area contributed by atoms with Crippen LogP contribution < -0.4 is 4.74 Å². The lowest BCUT2D eigenvalue weighted by atomic mass is 10.1. The van der Waals surface area contributed by atoms with E-state index >= 15 is 0 Å². The van der Waals surface area contributed by atoms with Crippen molar-refractivity contribution >= 4 is 40.7 Å². The van der Waals surface area contributed by atoms with Crippen LogP contribution in [0.5, 0.6) is 5.75 Å². The van der Waals surface area contributed by atoms with Gasteiger partial charge in [0.05, 0.1) is 6.33 Å². The molecule has 31 heavy (non-hydrogen) atoms. The third kappa shape index (κ3) is 7.13. The number of carboxylic acid groups (broad SMARTS) is 2. The molecule has 0 radical (unpaired) electrons. The van der Waals surface area contributed by atoms with E-state index in [9.17, 15) is 4.39 Å². The van der Waals surface area contributed by atoms with Crippen LogP contribution in [0.4, 0.5) is 4.39 Å². The predicted molar refractivity (Wildman–Crippen MR) is 114 cm³/mol. The number of carbonyl (C=O) groups is 2. The van der Waals surface area contributed by atoms with Crippen LogP contribution in [0, 0.1) is 5.82 Å². The van der Waals surface area contributed by atoms with E-state index in [2.05, 4.69) is 11.6 Å². The molecule has 0 amide bonds. The summed E-state index contributed by atoms with van der Waals surface area (Å²) in [6.45, 7) is 4.70.